The van der Waals surface area contributed by atoms with E-state index < -0.39 is 6.10 Å². The summed E-state index contributed by atoms with van der Waals surface area (Å²) >= 11 is 0. The van der Waals surface area contributed by atoms with Crippen LogP contribution in [0.4, 0.5) is 0 Å². The molecule has 1 aliphatic heterocycles. The maximum Gasteiger partial charge on any atom is 0.122 e. The first-order valence-electron chi connectivity index (χ1n) is 6.83. The van der Waals surface area contributed by atoms with Gasteiger partial charge in [0, 0.05) is 19.6 Å². The average Bonchev–Trinajstić information content (AvgIpc) is 2.41. The van der Waals surface area contributed by atoms with E-state index in [-0.39, 0.29) is 0 Å². The highest BCUT2D eigenvalue weighted by atomic mass is 16.5. The highest BCUT2D eigenvalue weighted by Crippen LogP contribution is 2.19. The van der Waals surface area contributed by atoms with Gasteiger partial charge in [-0.1, -0.05) is 12.1 Å². The first-order chi connectivity index (χ1) is 9.15. The smallest absolute Gasteiger partial charge is 0.122 e. The van der Waals surface area contributed by atoms with Gasteiger partial charge < -0.3 is 14.6 Å². The topological polar surface area (TPSA) is 41.9 Å². The Hall–Kier alpha value is -1.10. The number of aryl methyl sites for hydroxylation is 2. The zero-order chi connectivity index (χ0) is 13.7. The summed E-state index contributed by atoms with van der Waals surface area (Å²) in [7, 11) is 0. The second-order valence-electron chi connectivity index (χ2n) is 5.15. The van der Waals surface area contributed by atoms with Gasteiger partial charge in [0.1, 0.15) is 18.5 Å². The molecular formula is C15H23NO3. The van der Waals surface area contributed by atoms with Crippen molar-refractivity contribution < 1.29 is 14.6 Å². The van der Waals surface area contributed by atoms with Crippen LogP contribution in [0.25, 0.3) is 0 Å². The van der Waals surface area contributed by atoms with Crippen LogP contribution in [-0.4, -0.2) is 55.6 Å². The molecule has 1 N–H and O–H groups in total. The SMILES string of the molecule is Cc1ccc(C)c(OC[C@@H](O)CN2CCOCC2)c1. The minimum Gasteiger partial charge on any atom is -0.491 e. The minimum absolute atomic E-state index is 0.335. The molecule has 0 spiro atoms. The molecule has 0 radical (unpaired) electrons. The maximum absolute atomic E-state index is 10.0. The highest BCUT2D eigenvalue weighted by molar-refractivity contribution is 5.35. The quantitative estimate of drug-likeness (QED) is 0.873. The summed E-state index contributed by atoms with van der Waals surface area (Å²) in [6, 6.07) is 6.11. The average molecular weight is 265 g/mol. The molecule has 4 heteroatoms. The Balaban J connectivity index is 1.79. The fourth-order valence-electron chi connectivity index (χ4n) is 2.18. The summed E-state index contributed by atoms with van der Waals surface area (Å²) in [4.78, 5) is 2.21. The molecule has 4 nitrogen and oxygen atoms in total. The minimum atomic E-state index is -0.460. The fourth-order valence-corrected chi connectivity index (χ4v) is 2.18. The highest BCUT2D eigenvalue weighted by Gasteiger charge is 2.15. The van der Waals surface area contributed by atoms with Gasteiger partial charge in [-0.05, 0) is 31.0 Å². The van der Waals surface area contributed by atoms with Gasteiger partial charge >= 0.3 is 0 Å². The second-order valence-corrected chi connectivity index (χ2v) is 5.15. The molecule has 1 aliphatic rings. The summed E-state index contributed by atoms with van der Waals surface area (Å²) < 4.78 is 11.0. The van der Waals surface area contributed by atoms with Crippen LogP contribution in [0.15, 0.2) is 18.2 Å². The molecule has 0 saturated carbocycles. The van der Waals surface area contributed by atoms with Gasteiger partial charge in [-0.25, -0.2) is 0 Å². The van der Waals surface area contributed by atoms with Crippen LogP contribution in [0.2, 0.25) is 0 Å². The summed E-state index contributed by atoms with van der Waals surface area (Å²) in [5.41, 5.74) is 2.27. The molecule has 0 aliphatic carbocycles. The van der Waals surface area contributed by atoms with Gasteiger partial charge in [-0.2, -0.15) is 0 Å². The van der Waals surface area contributed by atoms with Crippen LogP contribution < -0.4 is 4.74 Å². The lowest BCUT2D eigenvalue weighted by molar-refractivity contribution is 0.00459. The van der Waals surface area contributed by atoms with Crippen molar-refractivity contribution in [2.45, 2.75) is 20.0 Å². The summed E-state index contributed by atoms with van der Waals surface area (Å²) in [6.45, 7) is 8.33. The second kappa shape index (κ2) is 6.89. The van der Waals surface area contributed by atoms with E-state index in [1.54, 1.807) is 0 Å². The molecule has 1 saturated heterocycles. The number of aliphatic hydroxyl groups is 1. The summed E-state index contributed by atoms with van der Waals surface area (Å²) in [6.07, 6.45) is -0.460. The van der Waals surface area contributed by atoms with E-state index in [9.17, 15) is 5.11 Å². The van der Waals surface area contributed by atoms with Gasteiger partial charge in [0.05, 0.1) is 13.2 Å². The van der Waals surface area contributed by atoms with Crippen LogP contribution in [0, 0.1) is 13.8 Å². The van der Waals surface area contributed by atoms with Crippen molar-refractivity contribution in [2.24, 2.45) is 0 Å². The Morgan fingerprint density at radius 2 is 2.05 bits per heavy atom. The van der Waals surface area contributed by atoms with Gasteiger partial charge in [-0.15, -0.1) is 0 Å². The van der Waals surface area contributed by atoms with E-state index in [1.807, 2.05) is 26.0 Å². The van der Waals surface area contributed by atoms with Gasteiger partial charge in [0.25, 0.3) is 0 Å². The molecule has 1 fully saturated rings. The molecular weight excluding hydrogens is 242 g/mol. The van der Waals surface area contributed by atoms with Crippen molar-refractivity contribution in [1.29, 1.82) is 0 Å². The van der Waals surface area contributed by atoms with Gasteiger partial charge in [0.15, 0.2) is 0 Å². The Kier molecular flexibility index (Phi) is 5.19. The predicted octanol–water partition coefficient (Wildman–Crippen LogP) is 1.38. The van der Waals surface area contributed by atoms with E-state index in [4.69, 9.17) is 9.47 Å². The number of hydrogen-bond donors (Lipinski definition) is 1. The van der Waals surface area contributed by atoms with Crippen molar-refractivity contribution in [3.8, 4) is 5.75 Å². The van der Waals surface area contributed by atoms with Crippen molar-refractivity contribution >= 4 is 0 Å². The Bertz CT molecular complexity index is 402. The number of benzene rings is 1. The van der Waals surface area contributed by atoms with Crippen molar-refractivity contribution in [3.63, 3.8) is 0 Å². The Labute approximate surface area is 114 Å². The van der Waals surface area contributed by atoms with Crippen LogP contribution in [0.5, 0.6) is 5.75 Å². The van der Waals surface area contributed by atoms with Crippen molar-refractivity contribution in [3.05, 3.63) is 29.3 Å². The van der Waals surface area contributed by atoms with Crippen LogP contribution >= 0.6 is 0 Å². The number of nitrogens with zero attached hydrogens (tertiary/aromatic N) is 1. The molecule has 0 bridgehead atoms. The molecule has 0 aromatic heterocycles. The lowest BCUT2D eigenvalue weighted by Crippen LogP contribution is -2.42. The number of β-amino-alcohol motifs (C(OH)–C–C–N with tert-alkyl or cyclic N) is 1. The Morgan fingerprint density at radius 1 is 1.32 bits per heavy atom. The van der Waals surface area contributed by atoms with E-state index in [2.05, 4.69) is 11.0 Å². The van der Waals surface area contributed by atoms with Crippen LogP contribution in [-0.2, 0) is 4.74 Å². The first-order valence-corrected chi connectivity index (χ1v) is 6.83. The standard InChI is InChI=1S/C15H23NO3/c1-12-3-4-13(2)15(9-12)19-11-14(17)10-16-5-7-18-8-6-16/h3-4,9,14,17H,5-8,10-11H2,1-2H3/t14-/m0/s1. The molecule has 106 valence electrons. The fraction of sp³-hybridized carbons (Fsp3) is 0.600. The number of morpholine rings is 1. The van der Waals surface area contributed by atoms with E-state index in [0.717, 1.165) is 37.6 Å². The summed E-state index contributed by atoms with van der Waals surface area (Å²) in [5, 5.41) is 10.0. The third kappa shape index (κ3) is 4.49. The monoisotopic (exact) mass is 265 g/mol. The molecule has 19 heavy (non-hydrogen) atoms. The van der Waals surface area contributed by atoms with E-state index in [1.165, 1.54) is 5.56 Å². The lowest BCUT2D eigenvalue weighted by atomic mass is 10.1. The molecule has 0 unspecified atom stereocenters. The number of rotatable bonds is 5. The normalized spacial score (nSPS) is 18.3. The van der Waals surface area contributed by atoms with Crippen LogP contribution in [0.1, 0.15) is 11.1 Å². The van der Waals surface area contributed by atoms with Gasteiger partial charge in [0.2, 0.25) is 0 Å². The lowest BCUT2D eigenvalue weighted by Gasteiger charge is -2.28. The molecule has 2 rings (SSSR count). The maximum atomic E-state index is 10.0. The zero-order valence-electron chi connectivity index (χ0n) is 11.8. The van der Waals surface area contributed by atoms with E-state index >= 15 is 0 Å². The molecule has 0 amide bonds. The third-order valence-corrected chi connectivity index (χ3v) is 3.35. The van der Waals surface area contributed by atoms with Crippen LogP contribution in [0.3, 0.4) is 0 Å². The number of aliphatic hydroxyl groups excluding tert-OH is 1. The van der Waals surface area contributed by atoms with Crippen molar-refractivity contribution in [2.75, 3.05) is 39.5 Å². The number of ether oxygens (including phenoxy) is 2. The zero-order valence-corrected chi connectivity index (χ0v) is 11.8. The molecule has 1 heterocycles. The predicted molar refractivity (Wildman–Crippen MR) is 74.7 cm³/mol. The molecule has 1 aromatic carbocycles. The molecule has 1 aromatic rings. The van der Waals surface area contributed by atoms with E-state index in [0.29, 0.717) is 13.2 Å². The summed E-state index contributed by atoms with van der Waals surface area (Å²) in [5.74, 6) is 0.862. The largest absolute Gasteiger partial charge is 0.491 e. The van der Waals surface area contributed by atoms with Gasteiger partial charge in [-0.3, -0.25) is 4.90 Å². The first kappa shape index (κ1) is 14.3. The Morgan fingerprint density at radius 3 is 2.79 bits per heavy atom. The molecule has 1 atom stereocenters. The third-order valence-electron chi connectivity index (χ3n) is 3.35. The number of hydrogen-bond acceptors (Lipinski definition) is 4. The van der Waals surface area contributed by atoms with Crippen molar-refractivity contribution in [1.82, 2.24) is 4.90 Å².